The van der Waals surface area contributed by atoms with Crippen molar-refractivity contribution in [2.24, 2.45) is 0 Å². The molecule has 0 spiro atoms. The maximum atomic E-state index is 13.6. The molecule has 0 unspecified atom stereocenters. The van der Waals surface area contributed by atoms with Gasteiger partial charge in [-0.1, -0.05) is 18.2 Å². The lowest BCUT2D eigenvalue weighted by Gasteiger charge is -2.11. The van der Waals surface area contributed by atoms with Crippen molar-refractivity contribution in [1.82, 2.24) is 4.98 Å². The Morgan fingerprint density at radius 3 is 2.39 bits per heavy atom. The SMILES string of the molecule is COc1ccccc1OCC(=O)Nc1cccc(NC(=O)Cc2c[nH]c3ccc(F)cc23)c1. The van der Waals surface area contributed by atoms with Gasteiger partial charge in [-0.15, -0.1) is 0 Å². The average molecular weight is 447 g/mol. The third-order valence-corrected chi connectivity index (χ3v) is 4.94. The van der Waals surface area contributed by atoms with Crippen molar-refractivity contribution < 1.29 is 23.5 Å². The van der Waals surface area contributed by atoms with E-state index in [9.17, 15) is 14.0 Å². The van der Waals surface area contributed by atoms with E-state index in [1.807, 2.05) is 6.07 Å². The van der Waals surface area contributed by atoms with Gasteiger partial charge in [-0.05, 0) is 54.1 Å². The molecule has 4 aromatic rings. The average Bonchev–Trinajstić information content (AvgIpc) is 3.19. The van der Waals surface area contributed by atoms with Crippen LogP contribution in [0.3, 0.4) is 0 Å². The van der Waals surface area contributed by atoms with Gasteiger partial charge in [-0.25, -0.2) is 4.39 Å². The second kappa shape index (κ2) is 9.86. The zero-order valence-corrected chi connectivity index (χ0v) is 17.9. The number of aromatic amines is 1. The van der Waals surface area contributed by atoms with E-state index >= 15 is 0 Å². The largest absolute Gasteiger partial charge is 0.493 e. The molecule has 3 aromatic carbocycles. The fourth-order valence-corrected chi connectivity index (χ4v) is 3.43. The number of hydrogen-bond acceptors (Lipinski definition) is 4. The van der Waals surface area contributed by atoms with E-state index in [4.69, 9.17) is 9.47 Å². The summed E-state index contributed by atoms with van der Waals surface area (Å²) >= 11 is 0. The number of hydrogen-bond donors (Lipinski definition) is 3. The third kappa shape index (κ3) is 5.48. The molecule has 0 aliphatic carbocycles. The second-order valence-electron chi connectivity index (χ2n) is 7.30. The number of methoxy groups -OCH3 is 1. The minimum atomic E-state index is -0.359. The van der Waals surface area contributed by atoms with Gasteiger partial charge in [0.25, 0.3) is 5.91 Å². The molecule has 8 heteroatoms. The number of halogens is 1. The lowest BCUT2D eigenvalue weighted by molar-refractivity contribution is -0.118. The Balaban J connectivity index is 1.34. The predicted octanol–water partition coefficient (Wildman–Crippen LogP) is 4.51. The Morgan fingerprint density at radius 1 is 0.909 bits per heavy atom. The molecule has 0 saturated carbocycles. The Labute approximate surface area is 189 Å². The molecule has 0 saturated heterocycles. The normalized spacial score (nSPS) is 10.6. The minimum absolute atomic E-state index is 0.0762. The number of para-hydroxylation sites is 2. The summed E-state index contributed by atoms with van der Waals surface area (Å²) in [4.78, 5) is 27.8. The number of nitrogens with one attached hydrogen (secondary N) is 3. The molecule has 4 rings (SSSR count). The van der Waals surface area contributed by atoms with Crippen LogP contribution in [0.2, 0.25) is 0 Å². The van der Waals surface area contributed by atoms with Gasteiger partial charge in [0.2, 0.25) is 5.91 Å². The number of carbonyl (C=O) groups excluding carboxylic acids is 2. The van der Waals surface area contributed by atoms with E-state index in [0.717, 1.165) is 5.52 Å². The predicted molar refractivity (Wildman–Crippen MR) is 124 cm³/mol. The van der Waals surface area contributed by atoms with Gasteiger partial charge < -0.3 is 25.1 Å². The number of ether oxygens (including phenoxy) is 2. The van der Waals surface area contributed by atoms with Crippen LogP contribution in [0.4, 0.5) is 15.8 Å². The maximum absolute atomic E-state index is 13.6. The molecule has 3 N–H and O–H groups in total. The Bertz CT molecular complexity index is 1300. The van der Waals surface area contributed by atoms with Gasteiger partial charge in [0, 0.05) is 28.5 Å². The fourth-order valence-electron chi connectivity index (χ4n) is 3.43. The Morgan fingerprint density at radius 2 is 1.64 bits per heavy atom. The molecule has 1 heterocycles. The topological polar surface area (TPSA) is 92.4 Å². The van der Waals surface area contributed by atoms with Gasteiger partial charge >= 0.3 is 0 Å². The van der Waals surface area contributed by atoms with Crippen molar-refractivity contribution in [3.63, 3.8) is 0 Å². The highest BCUT2D eigenvalue weighted by Gasteiger charge is 2.11. The highest BCUT2D eigenvalue weighted by atomic mass is 19.1. The van der Waals surface area contributed by atoms with Gasteiger partial charge in [-0.2, -0.15) is 0 Å². The number of rotatable bonds is 8. The summed E-state index contributed by atoms with van der Waals surface area (Å²) in [5.74, 6) is 0.0245. The lowest BCUT2D eigenvalue weighted by atomic mass is 10.1. The number of amides is 2. The van der Waals surface area contributed by atoms with E-state index in [1.165, 1.54) is 19.2 Å². The summed E-state index contributed by atoms with van der Waals surface area (Å²) in [5.41, 5.74) is 2.49. The molecule has 0 aliphatic rings. The second-order valence-corrected chi connectivity index (χ2v) is 7.30. The molecule has 168 valence electrons. The maximum Gasteiger partial charge on any atom is 0.262 e. The van der Waals surface area contributed by atoms with E-state index < -0.39 is 0 Å². The lowest BCUT2D eigenvalue weighted by Crippen LogP contribution is -2.20. The zero-order chi connectivity index (χ0) is 23.2. The zero-order valence-electron chi connectivity index (χ0n) is 17.9. The molecule has 0 fully saturated rings. The van der Waals surface area contributed by atoms with Crippen LogP contribution >= 0.6 is 0 Å². The van der Waals surface area contributed by atoms with Gasteiger partial charge in [0.05, 0.1) is 13.5 Å². The molecular weight excluding hydrogens is 425 g/mol. The van der Waals surface area contributed by atoms with Gasteiger partial charge in [0.15, 0.2) is 18.1 Å². The van der Waals surface area contributed by atoms with Crippen LogP contribution in [0.25, 0.3) is 10.9 Å². The van der Waals surface area contributed by atoms with Gasteiger partial charge in [0.1, 0.15) is 5.82 Å². The Kier molecular flexibility index (Phi) is 6.54. The minimum Gasteiger partial charge on any atom is -0.493 e. The van der Waals surface area contributed by atoms with Crippen LogP contribution in [-0.4, -0.2) is 30.5 Å². The van der Waals surface area contributed by atoms with Crippen LogP contribution in [0.15, 0.2) is 72.9 Å². The van der Waals surface area contributed by atoms with Crippen LogP contribution < -0.4 is 20.1 Å². The summed E-state index contributed by atoms with van der Waals surface area (Å²) < 4.78 is 24.3. The van der Waals surface area contributed by atoms with Crippen molar-refractivity contribution in [3.05, 3.63) is 84.3 Å². The van der Waals surface area contributed by atoms with Crippen LogP contribution in [0.5, 0.6) is 11.5 Å². The number of fused-ring (bicyclic) bond motifs is 1. The summed E-state index contributed by atoms with van der Waals surface area (Å²) in [6.45, 7) is -0.200. The Hall–Kier alpha value is -4.33. The summed E-state index contributed by atoms with van der Waals surface area (Å²) in [5, 5.41) is 6.20. The molecule has 0 radical (unpaired) electrons. The van der Waals surface area contributed by atoms with Crippen LogP contribution in [0.1, 0.15) is 5.56 Å². The molecular formula is C25H22FN3O4. The molecule has 0 aliphatic heterocycles. The first kappa shape index (κ1) is 21.9. The number of aromatic nitrogens is 1. The number of anilines is 2. The van der Waals surface area contributed by atoms with Crippen LogP contribution in [0, 0.1) is 5.82 Å². The smallest absolute Gasteiger partial charge is 0.262 e. The first-order valence-electron chi connectivity index (χ1n) is 10.2. The van der Waals surface area contributed by atoms with Gasteiger partial charge in [-0.3, -0.25) is 9.59 Å². The molecule has 0 atom stereocenters. The standard InChI is InChI=1S/C25H22FN3O4/c1-32-22-7-2-3-8-23(22)33-15-25(31)29-19-6-4-5-18(13-19)28-24(30)11-16-14-27-21-10-9-17(26)12-20(16)21/h2-10,12-14,27H,11,15H2,1H3,(H,28,30)(H,29,31). The van der Waals surface area contributed by atoms with Crippen molar-refractivity contribution in [2.75, 3.05) is 24.4 Å². The number of H-pyrrole nitrogens is 1. The van der Waals surface area contributed by atoms with Crippen molar-refractivity contribution in [2.45, 2.75) is 6.42 Å². The molecule has 33 heavy (non-hydrogen) atoms. The summed E-state index contributed by atoms with van der Waals surface area (Å²) in [7, 11) is 1.53. The van der Waals surface area contributed by atoms with E-state index in [0.29, 0.717) is 33.8 Å². The monoisotopic (exact) mass is 447 g/mol. The molecule has 1 aromatic heterocycles. The number of benzene rings is 3. The van der Waals surface area contributed by atoms with Crippen LogP contribution in [-0.2, 0) is 16.0 Å². The van der Waals surface area contributed by atoms with Crippen molar-refractivity contribution >= 4 is 34.1 Å². The van der Waals surface area contributed by atoms with Crippen molar-refractivity contribution in [1.29, 1.82) is 0 Å². The summed E-state index contributed by atoms with van der Waals surface area (Å²) in [6.07, 6.45) is 1.77. The molecule has 2 amide bonds. The first-order valence-corrected chi connectivity index (χ1v) is 10.2. The fraction of sp³-hybridized carbons (Fsp3) is 0.120. The van der Waals surface area contributed by atoms with E-state index in [2.05, 4.69) is 15.6 Å². The van der Waals surface area contributed by atoms with E-state index in [1.54, 1.807) is 54.7 Å². The highest BCUT2D eigenvalue weighted by Crippen LogP contribution is 2.26. The quantitative estimate of drug-likeness (QED) is 0.370. The highest BCUT2D eigenvalue weighted by molar-refractivity contribution is 5.97. The summed E-state index contributed by atoms with van der Waals surface area (Å²) in [6, 6.07) is 18.2. The molecule has 7 nitrogen and oxygen atoms in total. The van der Waals surface area contributed by atoms with Crippen molar-refractivity contribution in [3.8, 4) is 11.5 Å². The van der Waals surface area contributed by atoms with E-state index in [-0.39, 0.29) is 30.7 Å². The third-order valence-electron chi connectivity index (χ3n) is 4.94. The number of carbonyl (C=O) groups is 2. The first-order chi connectivity index (χ1) is 16.0. The molecule has 0 bridgehead atoms.